The highest BCUT2D eigenvalue weighted by Crippen LogP contribution is 2.33. The fourth-order valence-corrected chi connectivity index (χ4v) is 4.10. The highest BCUT2D eigenvalue weighted by molar-refractivity contribution is 4.95. The van der Waals surface area contributed by atoms with E-state index in [0.717, 1.165) is 24.7 Å². The van der Waals surface area contributed by atoms with Gasteiger partial charge in [0.1, 0.15) is 0 Å². The topological polar surface area (TPSA) is 18.5 Å². The number of likely N-dealkylation sites (N-methyl/N-ethyl adjacent to an activating group) is 1. The van der Waals surface area contributed by atoms with Gasteiger partial charge in [-0.2, -0.15) is 0 Å². The summed E-state index contributed by atoms with van der Waals surface area (Å²) in [5.74, 6) is 0. The SMILES string of the molecule is CCNC1CC2CCCC(C1)N2CCN(C)C(C)CC. The first-order valence-corrected chi connectivity index (χ1v) is 8.85. The molecule has 0 saturated carbocycles. The van der Waals surface area contributed by atoms with Gasteiger partial charge < -0.3 is 10.2 Å². The molecule has 0 amide bonds. The van der Waals surface area contributed by atoms with Crippen molar-refractivity contribution in [3.05, 3.63) is 0 Å². The lowest BCUT2D eigenvalue weighted by Crippen LogP contribution is -2.57. The molecule has 2 rings (SSSR count). The lowest BCUT2D eigenvalue weighted by atomic mass is 9.81. The minimum atomic E-state index is 0.717. The van der Waals surface area contributed by atoms with Gasteiger partial charge in [0, 0.05) is 37.3 Å². The summed E-state index contributed by atoms with van der Waals surface area (Å²) >= 11 is 0. The lowest BCUT2D eigenvalue weighted by Gasteiger charge is -2.49. The van der Waals surface area contributed by atoms with Crippen LogP contribution in [0.15, 0.2) is 0 Å². The average Bonchev–Trinajstić information content (AvgIpc) is 2.44. The van der Waals surface area contributed by atoms with E-state index in [4.69, 9.17) is 0 Å². The van der Waals surface area contributed by atoms with Gasteiger partial charge in [0.25, 0.3) is 0 Å². The van der Waals surface area contributed by atoms with Gasteiger partial charge in [-0.05, 0) is 52.6 Å². The van der Waals surface area contributed by atoms with Crippen LogP contribution in [0.3, 0.4) is 0 Å². The first-order chi connectivity index (χ1) is 9.65. The van der Waals surface area contributed by atoms with E-state index < -0.39 is 0 Å². The summed E-state index contributed by atoms with van der Waals surface area (Å²) in [7, 11) is 2.29. The van der Waals surface area contributed by atoms with E-state index in [2.05, 4.69) is 42.9 Å². The number of hydrogen-bond donors (Lipinski definition) is 1. The minimum absolute atomic E-state index is 0.717. The van der Waals surface area contributed by atoms with Crippen molar-refractivity contribution in [3.63, 3.8) is 0 Å². The molecule has 2 fully saturated rings. The summed E-state index contributed by atoms with van der Waals surface area (Å²) in [4.78, 5) is 5.38. The van der Waals surface area contributed by atoms with Crippen molar-refractivity contribution in [2.45, 2.75) is 83.5 Å². The number of nitrogens with zero attached hydrogens (tertiary/aromatic N) is 2. The van der Waals surface area contributed by atoms with Crippen molar-refractivity contribution in [2.24, 2.45) is 0 Å². The fraction of sp³-hybridized carbons (Fsp3) is 1.00. The van der Waals surface area contributed by atoms with E-state index in [1.54, 1.807) is 0 Å². The molecule has 2 aliphatic heterocycles. The molecular formula is C17H35N3. The Morgan fingerprint density at radius 1 is 1.20 bits per heavy atom. The predicted molar refractivity (Wildman–Crippen MR) is 87.2 cm³/mol. The molecule has 118 valence electrons. The van der Waals surface area contributed by atoms with Gasteiger partial charge in [0.15, 0.2) is 0 Å². The van der Waals surface area contributed by atoms with E-state index in [1.165, 1.54) is 51.6 Å². The van der Waals surface area contributed by atoms with Gasteiger partial charge in [-0.3, -0.25) is 4.90 Å². The van der Waals surface area contributed by atoms with Gasteiger partial charge in [-0.25, -0.2) is 0 Å². The van der Waals surface area contributed by atoms with Gasteiger partial charge >= 0.3 is 0 Å². The molecule has 0 aromatic carbocycles. The third kappa shape index (κ3) is 3.96. The van der Waals surface area contributed by atoms with Crippen molar-refractivity contribution in [1.82, 2.24) is 15.1 Å². The number of fused-ring (bicyclic) bond motifs is 2. The van der Waals surface area contributed by atoms with Crippen LogP contribution in [-0.2, 0) is 0 Å². The van der Waals surface area contributed by atoms with Crippen LogP contribution < -0.4 is 5.32 Å². The predicted octanol–water partition coefficient (Wildman–Crippen LogP) is 2.71. The fourth-order valence-electron chi connectivity index (χ4n) is 4.10. The van der Waals surface area contributed by atoms with Gasteiger partial charge in [-0.1, -0.05) is 20.3 Å². The van der Waals surface area contributed by atoms with Crippen LogP contribution in [-0.4, -0.2) is 60.6 Å². The number of piperidine rings is 2. The Labute approximate surface area is 126 Å². The minimum Gasteiger partial charge on any atom is -0.314 e. The largest absolute Gasteiger partial charge is 0.314 e. The van der Waals surface area contributed by atoms with Crippen molar-refractivity contribution in [2.75, 3.05) is 26.7 Å². The van der Waals surface area contributed by atoms with Crippen LogP contribution in [0.4, 0.5) is 0 Å². The summed E-state index contributed by atoms with van der Waals surface area (Å²) in [6.07, 6.45) is 8.30. The van der Waals surface area contributed by atoms with Crippen LogP contribution in [0.25, 0.3) is 0 Å². The second-order valence-electron chi connectivity index (χ2n) is 6.94. The van der Waals surface area contributed by atoms with Gasteiger partial charge in [0.2, 0.25) is 0 Å². The average molecular weight is 281 g/mol. The maximum atomic E-state index is 3.69. The molecule has 0 aromatic heterocycles. The summed E-state index contributed by atoms with van der Waals surface area (Å²) < 4.78 is 0. The molecule has 3 atom stereocenters. The Balaban J connectivity index is 1.85. The number of rotatable bonds is 7. The second kappa shape index (κ2) is 7.77. The molecule has 2 bridgehead atoms. The quantitative estimate of drug-likeness (QED) is 0.774. The molecule has 2 aliphatic rings. The molecule has 0 radical (unpaired) electrons. The number of nitrogens with one attached hydrogen (secondary N) is 1. The van der Waals surface area contributed by atoms with Crippen LogP contribution in [0.5, 0.6) is 0 Å². The maximum absolute atomic E-state index is 3.69. The summed E-state index contributed by atoms with van der Waals surface area (Å²) in [6.45, 7) is 10.5. The molecule has 3 unspecified atom stereocenters. The Morgan fingerprint density at radius 2 is 1.85 bits per heavy atom. The lowest BCUT2D eigenvalue weighted by molar-refractivity contribution is 0.0168. The third-order valence-electron chi connectivity index (χ3n) is 5.67. The molecule has 0 aliphatic carbocycles. The molecule has 0 aromatic rings. The summed E-state index contributed by atoms with van der Waals surface area (Å²) in [5, 5.41) is 3.69. The maximum Gasteiger partial charge on any atom is 0.0115 e. The molecule has 0 spiro atoms. The Hall–Kier alpha value is -0.120. The zero-order valence-electron chi connectivity index (χ0n) is 14.1. The van der Waals surface area contributed by atoms with E-state index in [9.17, 15) is 0 Å². The van der Waals surface area contributed by atoms with E-state index in [1.807, 2.05) is 0 Å². The smallest absolute Gasteiger partial charge is 0.0115 e. The van der Waals surface area contributed by atoms with Crippen LogP contribution in [0.1, 0.15) is 59.3 Å². The highest BCUT2D eigenvalue weighted by Gasteiger charge is 2.37. The normalized spacial score (nSPS) is 32.5. The molecule has 2 heterocycles. The number of hydrogen-bond acceptors (Lipinski definition) is 3. The second-order valence-corrected chi connectivity index (χ2v) is 6.94. The van der Waals surface area contributed by atoms with Crippen molar-refractivity contribution < 1.29 is 0 Å². The zero-order valence-corrected chi connectivity index (χ0v) is 14.1. The van der Waals surface area contributed by atoms with Crippen molar-refractivity contribution in [3.8, 4) is 0 Å². The van der Waals surface area contributed by atoms with Crippen LogP contribution in [0, 0.1) is 0 Å². The molecule has 2 saturated heterocycles. The third-order valence-corrected chi connectivity index (χ3v) is 5.67. The summed E-state index contributed by atoms with van der Waals surface area (Å²) in [5.41, 5.74) is 0. The molecule has 3 heteroatoms. The Kier molecular flexibility index (Phi) is 6.31. The molecular weight excluding hydrogens is 246 g/mol. The first-order valence-electron chi connectivity index (χ1n) is 8.85. The molecule has 20 heavy (non-hydrogen) atoms. The first kappa shape index (κ1) is 16.3. The molecule has 3 nitrogen and oxygen atoms in total. The van der Waals surface area contributed by atoms with Crippen LogP contribution >= 0.6 is 0 Å². The van der Waals surface area contributed by atoms with Crippen LogP contribution in [0.2, 0.25) is 0 Å². The molecule has 1 N–H and O–H groups in total. The van der Waals surface area contributed by atoms with E-state index in [0.29, 0.717) is 6.04 Å². The monoisotopic (exact) mass is 281 g/mol. The summed E-state index contributed by atoms with van der Waals surface area (Å²) in [6, 6.07) is 3.18. The highest BCUT2D eigenvalue weighted by atomic mass is 15.2. The zero-order chi connectivity index (χ0) is 14.5. The standard InChI is InChI=1S/C17H35N3/c1-5-14(3)19(4)10-11-20-16-8-7-9-17(20)13-15(12-16)18-6-2/h14-18H,5-13H2,1-4H3. The van der Waals surface area contributed by atoms with Crippen molar-refractivity contribution in [1.29, 1.82) is 0 Å². The Bertz CT molecular complexity index is 267. The Morgan fingerprint density at radius 3 is 2.40 bits per heavy atom. The van der Waals surface area contributed by atoms with E-state index >= 15 is 0 Å². The van der Waals surface area contributed by atoms with Gasteiger partial charge in [0.05, 0.1) is 0 Å². The van der Waals surface area contributed by atoms with E-state index in [-0.39, 0.29) is 0 Å². The van der Waals surface area contributed by atoms with Crippen molar-refractivity contribution >= 4 is 0 Å². The van der Waals surface area contributed by atoms with Gasteiger partial charge in [-0.15, -0.1) is 0 Å².